The maximum atomic E-state index is 11.1. The standard InChI is InChI=1S/C32H59NO6/c1-2-3-4-5-6-7-8-9-10-11-12-13-14-15-16-17-18-19-26-33(27-20-23-30(34)35,28-21-24-31(36)37)29-22-25-32(38)39/h2H,1,3-29H2,(H2-,34,35,36,37,38,39)/p+1. The van der Waals surface area contributed by atoms with E-state index in [0.717, 1.165) is 25.8 Å². The highest BCUT2D eigenvalue weighted by atomic mass is 16.4. The SMILES string of the molecule is C=CCCCCCCCCCCCCCCCCCC[N+](CCCC(=O)O)(CCCC(=O)O)CCCC(=O)O. The molecule has 0 aromatic heterocycles. The molecule has 0 aromatic rings. The van der Waals surface area contributed by atoms with Crippen molar-refractivity contribution < 1.29 is 34.2 Å². The van der Waals surface area contributed by atoms with Crippen LogP contribution in [-0.4, -0.2) is 63.9 Å². The minimum absolute atomic E-state index is 0.0916. The molecular weight excluding hydrogens is 494 g/mol. The zero-order valence-corrected chi connectivity index (χ0v) is 24.9. The highest BCUT2D eigenvalue weighted by molar-refractivity contribution is 5.67. The Balaban J connectivity index is 4.13. The normalized spacial score (nSPS) is 11.5. The molecule has 0 radical (unpaired) electrons. The summed E-state index contributed by atoms with van der Waals surface area (Å²) in [5.41, 5.74) is 0. The Labute approximate surface area is 238 Å². The Morgan fingerprint density at radius 3 is 0.974 bits per heavy atom. The molecule has 228 valence electrons. The largest absolute Gasteiger partial charge is 0.481 e. The van der Waals surface area contributed by atoms with Gasteiger partial charge < -0.3 is 19.8 Å². The lowest BCUT2D eigenvalue weighted by Gasteiger charge is -2.39. The van der Waals surface area contributed by atoms with E-state index in [-0.39, 0.29) is 19.3 Å². The first-order chi connectivity index (χ1) is 18.8. The van der Waals surface area contributed by atoms with Crippen LogP contribution in [0.5, 0.6) is 0 Å². The van der Waals surface area contributed by atoms with Gasteiger partial charge in [0.2, 0.25) is 0 Å². The number of carbonyl (C=O) groups is 3. The molecule has 0 heterocycles. The number of rotatable bonds is 31. The average molecular weight is 555 g/mol. The summed E-state index contributed by atoms with van der Waals surface area (Å²) >= 11 is 0. The zero-order valence-electron chi connectivity index (χ0n) is 24.9. The second kappa shape index (κ2) is 26.3. The van der Waals surface area contributed by atoms with Gasteiger partial charge in [-0.2, -0.15) is 0 Å². The van der Waals surface area contributed by atoms with Gasteiger partial charge in [0.05, 0.1) is 45.4 Å². The molecule has 3 N–H and O–H groups in total. The van der Waals surface area contributed by atoms with Gasteiger partial charge in [-0.3, -0.25) is 14.4 Å². The molecule has 7 heteroatoms. The summed E-state index contributed by atoms with van der Waals surface area (Å²) < 4.78 is 0.642. The molecule has 0 amide bonds. The van der Waals surface area contributed by atoms with Gasteiger partial charge in [-0.15, -0.1) is 6.58 Å². The quantitative estimate of drug-likeness (QED) is 0.0452. The highest BCUT2D eigenvalue weighted by Gasteiger charge is 2.27. The first-order valence-electron chi connectivity index (χ1n) is 15.9. The fraction of sp³-hybridized carbons (Fsp3) is 0.844. The maximum absolute atomic E-state index is 11.1. The van der Waals surface area contributed by atoms with Crippen LogP contribution in [0.25, 0.3) is 0 Å². The molecule has 0 aliphatic carbocycles. The van der Waals surface area contributed by atoms with E-state index >= 15 is 0 Å². The summed E-state index contributed by atoms with van der Waals surface area (Å²) in [5, 5.41) is 27.2. The lowest BCUT2D eigenvalue weighted by atomic mass is 10.0. The van der Waals surface area contributed by atoms with Crippen molar-refractivity contribution >= 4 is 17.9 Å². The van der Waals surface area contributed by atoms with Crippen molar-refractivity contribution in [3.05, 3.63) is 12.7 Å². The Kier molecular flexibility index (Phi) is 25.1. The van der Waals surface area contributed by atoms with E-state index in [0.29, 0.717) is 43.4 Å². The zero-order chi connectivity index (χ0) is 29.0. The second-order valence-electron chi connectivity index (χ2n) is 11.5. The number of carboxylic acids is 3. The molecule has 0 aromatic carbocycles. The fourth-order valence-corrected chi connectivity index (χ4v) is 5.58. The molecule has 0 fully saturated rings. The van der Waals surface area contributed by atoms with E-state index in [1.807, 2.05) is 6.08 Å². The van der Waals surface area contributed by atoms with Gasteiger partial charge in [-0.05, 0) is 25.7 Å². The van der Waals surface area contributed by atoms with Crippen LogP contribution in [0.3, 0.4) is 0 Å². The van der Waals surface area contributed by atoms with Crippen LogP contribution in [0.1, 0.15) is 148 Å². The van der Waals surface area contributed by atoms with Crippen LogP contribution in [0.2, 0.25) is 0 Å². The van der Waals surface area contributed by atoms with Gasteiger partial charge >= 0.3 is 17.9 Å². The number of aliphatic carboxylic acids is 3. The Bertz CT molecular complexity index is 586. The van der Waals surface area contributed by atoms with Gasteiger partial charge in [0.1, 0.15) is 0 Å². The van der Waals surface area contributed by atoms with Crippen LogP contribution in [0, 0.1) is 0 Å². The molecule has 0 atom stereocenters. The minimum atomic E-state index is -0.824. The number of hydrogen-bond donors (Lipinski definition) is 3. The van der Waals surface area contributed by atoms with E-state index in [2.05, 4.69) is 6.58 Å². The van der Waals surface area contributed by atoms with Crippen molar-refractivity contribution in [3.63, 3.8) is 0 Å². The fourth-order valence-electron chi connectivity index (χ4n) is 5.58. The maximum Gasteiger partial charge on any atom is 0.303 e. The molecule has 0 spiro atoms. The van der Waals surface area contributed by atoms with Crippen molar-refractivity contribution in [2.75, 3.05) is 26.2 Å². The van der Waals surface area contributed by atoms with E-state index in [9.17, 15) is 14.4 Å². The molecule has 0 aliphatic rings. The molecule has 7 nitrogen and oxygen atoms in total. The van der Waals surface area contributed by atoms with Crippen LogP contribution in [0.4, 0.5) is 0 Å². The lowest BCUT2D eigenvalue weighted by Crippen LogP contribution is -2.51. The molecular formula is C32H60NO6+. The molecule has 0 saturated heterocycles. The second-order valence-corrected chi connectivity index (χ2v) is 11.5. The van der Waals surface area contributed by atoms with Gasteiger partial charge in [0.15, 0.2) is 0 Å². The van der Waals surface area contributed by atoms with Crippen molar-refractivity contribution in [1.82, 2.24) is 0 Å². The molecule has 0 saturated carbocycles. The summed E-state index contributed by atoms with van der Waals surface area (Å²) in [5.74, 6) is -2.47. The average Bonchev–Trinajstić information content (AvgIpc) is 2.87. The Morgan fingerprint density at radius 1 is 0.436 bits per heavy atom. The summed E-state index contributed by atoms with van der Waals surface area (Å²) in [7, 11) is 0. The summed E-state index contributed by atoms with van der Waals surface area (Å²) in [4.78, 5) is 33.2. The molecule has 0 bridgehead atoms. The van der Waals surface area contributed by atoms with Gasteiger partial charge in [-0.25, -0.2) is 0 Å². The van der Waals surface area contributed by atoms with Crippen molar-refractivity contribution in [3.8, 4) is 0 Å². The third-order valence-electron chi connectivity index (χ3n) is 7.86. The first kappa shape index (κ1) is 37.1. The Hall–Kier alpha value is -1.89. The number of carboxylic acid groups (broad SMARTS) is 3. The van der Waals surface area contributed by atoms with Gasteiger partial charge in [0.25, 0.3) is 0 Å². The number of nitrogens with zero attached hydrogens (tertiary/aromatic N) is 1. The molecule has 0 aliphatic heterocycles. The summed E-state index contributed by atoms with van der Waals surface area (Å²) in [6, 6.07) is 0. The highest BCUT2D eigenvalue weighted by Crippen LogP contribution is 2.19. The van der Waals surface area contributed by atoms with Crippen molar-refractivity contribution in [1.29, 1.82) is 0 Å². The van der Waals surface area contributed by atoms with Gasteiger partial charge in [0, 0.05) is 19.3 Å². The molecule has 0 rings (SSSR count). The van der Waals surface area contributed by atoms with Gasteiger partial charge in [-0.1, -0.05) is 89.5 Å². The monoisotopic (exact) mass is 554 g/mol. The van der Waals surface area contributed by atoms with Crippen molar-refractivity contribution in [2.24, 2.45) is 0 Å². The summed E-state index contributed by atoms with van der Waals surface area (Å²) in [6.45, 7) is 6.65. The number of hydrogen-bond acceptors (Lipinski definition) is 3. The van der Waals surface area contributed by atoms with Crippen LogP contribution >= 0.6 is 0 Å². The third-order valence-corrected chi connectivity index (χ3v) is 7.86. The van der Waals surface area contributed by atoms with Crippen LogP contribution in [0.15, 0.2) is 12.7 Å². The number of allylic oxidation sites excluding steroid dienone is 1. The van der Waals surface area contributed by atoms with Crippen LogP contribution < -0.4 is 0 Å². The predicted octanol–water partition coefficient (Wildman–Crippen LogP) is 8.22. The van der Waals surface area contributed by atoms with E-state index < -0.39 is 17.9 Å². The van der Waals surface area contributed by atoms with E-state index in [1.54, 1.807) is 0 Å². The molecule has 0 unspecified atom stereocenters. The number of quaternary nitrogens is 1. The predicted molar refractivity (Wildman–Crippen MR) is 159 cm³/mol. The molecule has 39 heavy (non-hydrogen) atoms. The van der Waals surface area contributed by atoms with Crippen LogP contribution in [-0.2, 0) is 14.4 Å². The first-order valence-corrected chi connectivity index (χ1v) is 15.9. The lowest BCUT2D eigenvalue weighted by molar-refractivity contribution is -0.929. The van der Waals surface area contributed by atoms with Crippen molar-refractivity contribution in [2.45, 2.75) is 148 Å². The van der Waals surface area contributed by atoms with E-state index in [1.165, 1.54) is 89.9 Å². The number of unbranched alkanes of at least 4 members (excludes halogenated alkanes) is 16. The summed E-state index contributed by atoms with van der Waals surface area (Å²) in [6.07, 6.45) is 25.8. The topological polar surface area (TPSA) is 112 Å². The van der Waals surface area contributed by atoms with E-state index in [4.69, 9.17) is 15.3 Å². The minimum Gasteiger partial charge on any atom is -0.481 e. The smallest absolute Gasteiger partial charge is 0.303 e. The Morgan fingerprint density at radius 2 is 0.692 bits per heavy atom. The third kappa shape index (κ3) is 26.1.